The molecular formula is C20H16N4O. The second kappa shape index (κ2) is 6.25. The Balaban J connectivity index is 1.70. The number of aromatic nitrogens is 2. The van der Waals surface area contributed by atoms with Gasteiger partial charge in [0, 0.05) is 12.7 Å². The van der Waals surface area contributed by atoms with Crippen molar-refractivity contribution >= 4 is 5.91 Å². The summed E-state index contributed by atoms with van der Waals surface area (Å²) in [7, 11) is 0. The van der Waals surface area contributed by atoms with Gasteiger partial charge in [-0.15, -0.1) is 0 Å². The van der Waals surface area contributed by atoms with Crippen LogP contribution in [0, 0.1) is 11.3 Å². The van der Waals surface area contributed by atoms with E-state index in [-0.39, 0.29) is 5.91 Å². The fraction of sp³-hybridized carbons (Fsp3) is 0.150. The highest BCUT2D eigenvalue weighted by Gasteiger charge is 2.33. The second-order valence-corrected chi connectivity index (χ2v) is 6.11. The van der Waals surface area contributed by atoms with Crippen molar-refractivity contribution in [1.29, 1.82) is 5.26 Å². The second-order valence-electron chi connectivity index (χ2n) is 6.11. The number of hydrogen-bond donors (Lipinski definition) is 0. The van der Waals surface area contributed by atoms with Crippen molar-refractivity contribution in [2.75, 3.05) is 0 Å². The summed E-state index contributed by atoms with van der Waals surface area (Å²) in [5, 5.41) is 8.98. The van der Waals surface area contributed by atoms with Gasteiger partial charge in [0.15, 0.2) is 0 Å². The summed E-state index contributed by atoms with van der Waals surface area (Å²) in [6.45, 7) is 1.11. The number of nitrogens with zero attached hydrogens (tertiary/aromatic N) is 4. The standard InChI is InChI=1S/C20H16N4O/c21-10-15-6-8-17(9-7-15)19-20(25)23(12-16-4-2-1-3-5-16)13-18-11-22-14-24(18)19/h1-9,11,14,19H,12-13H2. The lowest BCUT2D eigenvalue weighted by atomic mass is 10.0. The molecule has 5 heteroatoms. The van der Waals surface area contributed by atoms with Gasteiger partial charge in [-0.25, -0.2) is 4.98 Å². The Labute approximate surface area is 145 Å². The topological polar surface area (TPSA) is 61.9 Å². The fourth-order valence-corrected chi connectivity index (χ4v) is 3.23. The monoisotopic (exact) mass is 328 g/mol. The van der Waals surface area contributed by atoms with E-state index in [4.69, 9.17) is 5.26 Å². The number of rotatable bonds is 3. The van der Waals surface area contributed by atoms with E-state index in [9.17, 15) is 4.79 Å². The van der Waals surface area contributed by atoms with Crippen LogP contribution < -0.4 is 0 Å². The molecule has 25 heavy (non-hydrogen) atoms. The smallest absolute Gasteiger partial charge is 0.250 e. The van der Waals surface area contributed by atoms with Gasteiger partial charge in [0.2, 0.25) is 0 Å². The molecule has 1 aliphatic heterocycles. The SMILES string of the molecule is N#Cc1ccc(C2C(=O)N(Cc3ccccc3)Cc3cncn32)cc1. The Morgan fingerprint density at radius 3 is 2.60 bits per heavy atom. The minimum Gasteiger partial charge on any atom is -0.330 e. The number of carbonyl (C=O) groups is 1. The number of nitriles is 1. The van der Waals surface area contributed by atoms with E-state index in [1.165, 1.54) is 0 Å². The Morgan fingerprint density at radius 2 is 1.88 bits per heavy atom. The molecule has 4 rings (SSSR count). The van der Waals surface area contributed by atoms with Gasteiger partial charge in [0.05, 0.1) is 30.2 Å². The van der Waals surface area contributed by atoms with Crippen molar-refractivity contribution in [3.63, 3.8) is 0 Å². The van der Waals surface area contributed by atoms with Crippen LogP contribution in [0.5, 0.6) is 0 Å². The minimum absolute atomic E-state index is 0.0408. The van der Waals surface area contributed by atoms with Crippen molar-refractivity contribution in [2.45, 2.75) is 19.1 Å². The number of amides is 1. The Kier molecular flexibility index (Phi) is 3.79. The van der Waals surface area contributed by atoms with Crippen molar-refractivity contribution in [3.8, 4) is 6.07 Å². The van der Waals surface area contributed by atoms with E-state index in [1.807, 2.05) is 51.9 Å². The number of fused-ring (bicyclic) bond motifs is 1. The van der Waals surface area contributed by atoms with Crippen LogP contribution in [-0.2, 0) is 17.9 Å². The van der Waals surface area contributed by atoms with Crippen LogP contribution in [0.2, 0.25) is 0 Å². The molecule has 0 fully saturated rings. The largest absolute Gasteiger partial charge is 0.330 e. The summed E-state index contributed by atoms with van der Waals surface area (Å²) in [5.41, 5.74) is 3.55. The molecule has 0 saturated heterocycles. The lowest BCUT2D eigenvalue weighted by Crippen LogP contribution is -2.42. The van der Waals surface area contributed by atoms with Crippen LogP contribution in [0.1, 0.15) is 28.4 Å². The number of hydrogen-bond acceptors (Lipinski definition) is 3. The molecule has 122 valence electrons. The molecule has 1 atom stereocenters. The molecule has 2 aromatic carbocycles. The summed E-state index contributed by atoms with van der Waals surface area (Å²) in [6, 6.07) is 18.8. The molecule has 1 aliphatic rings. The third-order valence-electron chi connectivity index (χ3n) is 4.49. The van der Waals surface area contributed by atoms with Gasteiger partial charge in [-0.3, -0.25) is 4.79 Å². The maximum atomic E-state index is 13.2. The Bertz CT molecular complexity index is 938. The van der Waals surface area contributed by atoms with Crippen molar-refractivity contribution in [3.05, 3.63) is 89.5 Å². The summed E-state index contributed by atoms with van der Waals surface area (Å²) < 4.78 is 1.92. The van der Waals surface area contributed by atoms with Gasteiger partial charge in [0.25, 0.3) is 5.91 Å². The van der Waals surface area contributed by atoms with Crippen LogP contribution in [0.25, 0.3) is 0 Å². The molecule has 0 radical (unpaired) electrons. The van der Waals surface area contributed by atoms with Crippen molar-refractivity contribution in [1.82, 2.24) is 14.5 Å². The van der Waals surface area contributed by atoms with Gasteiger partial charge in [-0.1, -0.05) is 42.5 Å². The third kappa shape index (κ3) is 2.79. The number of carbonyl (C=O) groups excluding carboxylic acids is 1. The average molecular weight is 328 g/mol. The molecule has 2 heterocycles. The zero-order valence-electron chi connectivity index (χ0n) is 13.5. The quantitative estimate of drug-likeness (QED) is 0.743. The van der Waals surface area contributed by atoms with Gasteiger partial charge in [-0.05, 0) is 23.3 Å². The van der Waals surface area contributed by atoms with E-state index in [1.54, 1.807) is 24.7 Å². The molecular weight excluding hydrogens is 312 g/mol. The predicted molar refractivity (Wildman–Crippen MR) is 92.2 cm³/mol. The average Bonchev–Trinajstić information content (AvgIpc) is 3.11. The van der Waals surface area contributed by atoms with Gasteiger partial charge < -0.3 is 9.47 Å². The van der Waals surface area contributed by atoms with Crippen LogP contribution >= 0.6 is 0 Å². The first kappa shape index (κ1) is 15.2. The maximum Gasteiger partial charge on any atom is 0.250 e. The summed E-state index contributed by atoms with van der Waals surface area (Å²) in [6.07, 6.45) is 3.51. The number of imidazole rings is 1. The van der Waals surface area contributed by atoms with Gasteiger partial charge in [0.1, 0.15) is 6.04 Å². The van der Waals surface area contributed by atoms with Crippen molar-refractivity contribution in [2.24, 2.45) is 0 Å². The zero-order chi connectivity index (χ0) is 17.2. The van der Waals surface area contributed by atoms with E-state index in [0.717, 1.165) is 16.8 Å². The lowest BCUT2D eigenvalue weighted by molar-refractivity contribution is -0.136. The van der Waals surface area contributed by atoms with E-state index >= 15 is 0 Å². The molecule has 1 amide bonds. The molecule has 0 aliphatic carbocycles. The van der Waals surface area contributed by atoms with Crippen LogP contribution in [0.3, 0.4) is 0 Å². The first-order chi connectivity index (χ1) is 12.3. The highest BCUT2D eigenvalue weighted by Crippen LogP contribution is 2.29. The van der Waals surface area contributed by atoms with Crippen LogP contribution in [0.4, 0.5) is 0 Å². The molecule has 3 aromatic rings. The lowest BCUT2D eigenvalue weighted by Gasteiger charge is -2.34. The molecule has 0 N–H and O–H groups in total. The first-order valence-corrected chi connectivity index (χ1v) is 8.10. The zero-order valence-corrected chi connectivity index (χ0v) is 13.5. The van der Waals surface area contributed by atoms with Crippen LogP contribution in [0.15, 0.2) is 67.1 Å². The van der Waals surface area contributed by atoms with E-state index in [0.29, 0.717) is 18.7 Å². The molecule has 1 aromatic heterocycles. The highest BCUT2D eigenvalue weighted by atomic mass is 16.2. The van der Waals surface area contributed by atoms with Crippen molar-refractivity contribution < 1.29 is 4.79 Å². The van der Waals surface area contributed by atoms with Gasteiger partial charge >= 0.3 is 0 Å². The minimum atomic E-state index is -0.442. The molecule has 0 bridgehead atoms. The maximum absolute atomic E-state index is 13.2. The van der Waals surface area contributed by atoms with E-state index < -0.39 is 6.04 Å². The molecule has 0 saturated carbocycles. The van der Waals surface area contributed by atoms with Gasteiger partial charge in [-0.2, -0.15) is 5.26 Å². The summed E-state index contributed by atoms with van der Waals surface area (Å²) >= 11 is 0. The number of benzene rings is 2. The molecule has 0 spiro atoms. The summed E-state index contributed by atoms with van der Waals surface area (Å²) in [5.74, 6) is 0.0408. The fourth-order valence-electron chi connectivity index (χ4n) is 3.23. The third-order valence-corrected chi connectivity index (χ3v) is 4.49. The Morgan fingerprint density at radius 1 is 1.12 bits per heavy atom. The highest BCUT2D eigenvalue weighted by molar-refractivity contribution is 5.84. The predicted octanol–water partition coefficient (Wildman–Crippen LogP) is 2.89. The normalized spacial score (nSPS) is 16.4. The summed E-state index contributed by atoms with van der Waals surface area (Å²) in [4.78, 5) is 19.2. The molecule has 5 nitrogen and oxygen atoms in total. The van der Waals surface area contributed by atoms with Crippen LogP contribution in [-0.4, -0.2) is 20.4 Å². The first-order valence-electron chi connectivity index (χ1n) is 8.10. The van der Waals surface area contributed by atoms with E-state index in [2.05, 4.69) is 11.1 Å². The molecule has 1 unspecified atom stereocenters. The Hall–Kier alpha value is -3.39.